The van der Waals surface area contributed by atoms with Crippen molar-refractivity contribution in [2.24, 2.45) is 0 Å². The Bertz CT molecular complexity index is 1280. The van der Waals surface area contributed by atoms with Crippen molar-refractivity contribution in [3.05, 3.63) is 42.1 Å². The molecule has 1 fully saturated rings. The fourth-order valence-electron chi connectivity index (χ4n) is 3.96. The van der Waals surface area contributed by atoms with E-state index in [1.54, 1.807) is 30.3 Å². The molecular formula is C21H23N9O2. The summed E-state index contributed by atoms with van der Waals surface area (Å²) in [6, 6.07) is 1.70. The first-order valence-corrected chi connectivity index (χ1v) is 10.5. The van der Waals surface area contributed by atoms with Gasteiger partial charge in [0.15, 0.2) is 22.7 Å². The van der Waals surface area contributed by atoms with E-state index in [9.17, 15) is 4.79 Å². The van der Waals surface area contributed by atoms with E-state index in [-0.39, 0.29) is 11.9 Å². The molecule has 32 heavy (non-hydrogen) atoms. The van der Waals surface area contributed by atoms with Crippen LogP contribution in [0.25, 0.3) is 22.6 Å². The number of nitrogens with one attached hydrogen (secondary N) is 1. The second-order valence-corrected chi connectivity index (χ2v) is 7.80. The molecule has 0 aliphatic carbocycles. The summed E-state index contributed by atoms with van der Waals surface area (Å²) in [6.45, 7) is 7.53. The summed E-state index contributed by atoms with van der Waals surface area (Å²) < 4.78 is 7.05. The van der Waals surface area contributed by atoms with Crippen LogP contribution in [-0.4, -0.2) is 64.6 Å². The third-order valence-corrected chi connectivity index (χ3v) is 5.55. The van der Waals surface area contributed by atoms with Gasteiger partial charge in [-0.05, 0) is 27.2 Å². The highest BCUT2D eigenvalue weighted by Gasteiger charge is 2.29. The van der Waals surface area contributed by atoms with E-state index in [1.807, 2.05) is 18.4 Å². The van der Waals surface area contributed by atoms with E-state index >= 15 is 0 Å². The van der Waals surface area contributed by atoms with Crippen molar-refractivity contribution < 1.29 is 9.32 Å². The lowest BCUT2D eigenvalue weighted by molar-refractivity contribution is 0.0781. The molecule has 5 rings (SSSR count). The zero-order valence-corrected chi connectivity index (χ0v) is 18.1. The molecule has 0 aromatic carbocycles. The van der Waals surface area contributed by atoms with Crippen molar-refractivity contribution in [1.82, 2.24) is 39.5 Å². The van der Waals surface area contributed by atoms with Gasteiger partial charge in [-0.15, -0.1) is 0 Å². The number of hydrogen-bond acceptors (Lipinski definition) is 9. The monoisotopic (exact) mass is 433 g/mol. The van der Waals surface area contributed by atoms with Gasteiger partial charge in [0.05, 0.1) is 5.56 Å². The standard InChI is InChI=1S/C21H23N9O2/c1-4-30-19(14-8-22-13(3)23-9-14)27-17-18(24-11-25-20(17)30)26-15-5-6-29(10-15)21(31)16-7-12(2)32-28-16/h7-9,11,15H,4-6,10H2,1-3H3,(H,24,25,26). The lowest BCUT2D eigenvalue weighted by atomic mass is 10.2. The summed E-state index contributed by atoms with van der Waals surface area (Å²) in [5, 5.41) is 7.29. The van der Waals surface area contributed by atoms with Crippen molar-refractivity contribution in [3.63, 3.8) is 0 Å². The quantitative estimate of drug-likeness (QED) is 0.504. The number of hydrogen-bond donors (Lipinski definition) is 1. The molecule has 0 spiro atoms. The Kier molecular flexibility index (Phi) is 5.00. The number of nitrogens with zero attached hydrogens (tertiary/aromatic N) is 8. The topological polar surface area (TPSA) is 128 Å². The molecular weight excluding hydrogens is 410 g/mol. The van der Waals surface area contributed by atoms with E-state index in [2.05, 4.69) is 30.4 Å². The Labute approximate surface area is 183 Å². The minimum absolute atomic E-state index is 0.0444. The van der Waals surface area contributed by atoms with Crippen LogP contribution in [0.2, 0.25) is 0 Å². The number of amides is 1. The molecule has 1 amide bonds. The van der Waals surface area contributed by atoms with Crippen molar-refractivity contribution in [2.45, 2.75) is 39.8 Å². The summed E-state index contributed by atoms with van der Waals surface area (Å²) in [5.41, 5.74) is 2.58. The van der Waals surface area contributed by atoms with E-state index in [1.165, 1.54) is 6.33 Å². The van der Waals surface area contributed by atoms with Crippen LogP contribution in [0.3, 0.4) is 0 Å². The number of anilines is 1. The van der Waals surface area contributed by atoms with E-state index in [0.29, 0.717) is 48.2 Å². The number of fused-ring (bicyclic) bond motifs is 1. The third-order valence-electron chi connectivity index (χ3n) is 5.55. The van der Waals surface area contributed by atoms with Gasteiger partial charge in [-0.3, -0.25) is 4.79 Å². The number of carbonyl (C=O) groups is 1. The molecule has 1 aliphatic rings. The predicted molar refractivity (Wildman–Crippen MR) is 116 cm³/mol. The molecule has 1 unspecified atom stereocenters. The Hall–Kier alpha value is -3.89. The SMILES string of the molecule is CCn1c(-c2cnc(C)nc2)nc2c(NC3CCN(C(=O)c4cc(C)on4)C3)ncnc21. The van der Waals surface area contributed by atoms with E-state index in [0.717, 1.165) is 23.5 Å². The highest BCUT2D eigenvalue weighted by atomic mass is 16.5. The van der Waals surface area contributed by atoms with Crippen LogP contribution >= 0.6 is 0 Å². The Morgan fingerprint density at radius 2 is 2.03 bits per heavy atom. The molecule has 11 nitrogen and oxygen atoms in total. The first-order valence-electron chi connectivity index (χ1n) is 10.5. The Balaban J connectivity index is 1.40. The third kappa shape index (κ3) is 3.55. The van der Waals surface area contributed by atoms with Gasteiger partial charge in [0, 0.05) is 44.1 Å². The van der Waals surface area contributed by atoms with Crippen molar-refractivity contribution in [3.8, 4) is 11.4 Å². The van der Waals surface area contributed by atoms with Crippen LogP contribution in [-0.2, 0) is 6.54 Å². The van der Waals surface area contributed by atoms with Crippen LogP contribution in [0.4, 0.5) is 5.82 Å². The number of aryl methyl sites for hydroxylation is 3. The first kappa shape index (κ1) is 20.0. The number of rotatable bonds is 5. The Morgan fingerprint density at radius 3 is 2.75 bits per heavy atom. The zero-order chi connectivity index (χ0) is 22.2. The predicted octanol–water partition coefficient (Wildman–Crippen LogP) is 2.23. The number of imidazole rings is 1. The number of likely N-dealkylation sites (tertiary alicyclic amines) is 1. The summed E-state index contributed by atoms with van der Waals surface area (Å²) in [5.74, 6) is 2.59. The Morgan fingerprint density at radius 1 is 1.22 bits per heavy atom. The summed E-state index contributed by atoms with van der Waals surface area (Å²) in [4.78, 5) is 36.7. The van der Waals surface area contributed by atoms with Gasteiger partial charge in [0.1, 0.15) is 23.7 Å². The van der Waals surface area contributed by atoms with Crippen LogP contribution in [0.1, 0.15) is 35.4 Å². The molecule has 164 valence electrons. The maximum absolute atomic E-state index is 12.7. The van der Waals surface area contributed by atoms with Crippen molar-refractivity contribution in [1.29, 1.82) is 0 Å². The van der Waals surface area contributed by atoms with Crippen molar-refractivity contribution in [2.75, 3.05) is 18.4 Å². The van der Waals surface area contributed by atoms with E-state index in [4.69, 9.17) is 9.51 Å². The van der Waals surface area contributed by atoms with E-state index < -0.39 is 0 Å². The van der Waals surface area contributed by atoms with Gasteiger partial charge in [-0.1, -0.05) is 5.16 Å². The fraction of sp³-hybridized carbons (Fsp3) is 0.381. The zero-order valence-electron chi connectivity index (χ0n) is 18.1. The smallest absolute Gasteiger partial charge is 0.276 e. The molecule has 0 saturated carbocycles. The lowest BCUT2D eigenvalue weighted by Gasteiger charge is -2.16. The number of carbonyl (C=O) groups excluding carboxylic acids is 1. The average molecular weight is 433 g/mol. The van der Waals surface area contributed by atoms with Crippen LogP contribution in [0, 0.1) is 13.8 Å². The highest BCUT2D eigenvalue weighted by Crippen LogP contribution is 2.27. The second kappa shape index (κ2) is 7.98. The van der Waals surface area contributed by atoms with Gasteiger partial charge < -0.3 is 19.3 Å². The first-order chi connectivity index (χ1) is 15.5. The minimum atomic E-state index is -0.129. The molecule has 4 aromatic heterocycles. The van der Waals surface area contributed by atoms with Gasteiger partial charge in [-0.2, -0.15) is 0 Å². The molecule has 11 heteroatoms. The average Bonchev–Trinajstić information content (AvgIpc) is 3.52. The van der Waals surface area contributed by atoms with Gasteiger partial charge in [0.25, 0.3) is 5.91 Å². The fourth-order valence-corrected chi connectivity index (χ4v) is 3.96. The molecule has 5 heterocycles. The second-order valence-electron chi connectivity index (χ2n) is 7.80. The molecule has 1 saturated heterocycles. The highest BCUT2D eigenvalue weighted by molar-refractivity contribution is 5.92. The van der Waals surface area contributed by atoms with Gasteiger partial charge in [0.2, 0.25) is 0 Å². The molecule has 4 aromatic rings. The normalized spacial score (nSPS) is 16.1. The van der Waals surface area contributed by atoms with Crippen LogP contribution in [0.5, 0.6) is 0 Å². The molecule has 1 aliphatic heterocycles. The van der Waals surface area contributed by atoms with Crippen LogP contribution < -0.4 is 5.32 Å². The summed E-state index contributed by atoms with van der Waals surface area (Å²) in [7, 11) is 0. The molecule has 1 N–H and O–H groups in total. The summed E-state index contributed by atoms with van der Waals surface area (Å²) >= 11 is 0. The van der Waals surface area contributed by atoms with Crippen LogP contribution in [0.15, 0.2) is 29.3 Å². The summed E-state index contributed by atoms with van der Waals surface area (Å²) in [6.07, 6.45) is 5.86. The maximum atomic E-state index is 12.7. The molecule has 1 atom stereocenters. The molecule has 0 radical (unpaired) electrons. The van der Waals surface area contributed by atoms with Crippen molar-refractivity contribution >= 4 is 22.9 Å². The lowest BCUT2D eigenvalue weighted by Crippen LogP contribution is -2.32. The van der Waals surface area contributed by atoms with Gasteiger partial charge in [-0.25, -0.2) is 24.9 Å². The maximum Gasteiger partial charge on any atom is 0.276 e. The molecule has 0 bridgehead atoms. The minimum Gasteiger partial charge on any atom is -0.364 e. The van der Waals surface area contributed by atoms with Gasteiger partial charge >= 0.3 is 0 Å². The number of aromatic nitrogens is 7. The largest absolute Gasteiger partial charge is 0.364 e.